The van der Waals surface area contributed by atoms with Gasteiger partial charge in [0.05, 0.1) is 7.11 Å². The van der Waals surface area contributed by atoms with Crippen LogP contribution in [0.2, 0.25) is 0 Å². The molecule has 0 bridgehead atoms. The first-order chi connectivity index (χ1) is 12.3. The molecular weight excluding hydrogens is 308 g/mol. The fourth-order valence-electron chi connectivity index (χ4n) is 2.42. The van der Waals surface area contributed by atoms with Gasteiger partial charge in [0.25, 0.3) is 0 Å². The monoisotopic (exact) mass is 346 g/mol. The van der Waals surface area contributed by atoms with Crippen molar-refractivity contribution in [3.63, 3.8) is 0 Å². The number of hydrogen-bond acceptors (Lipinski definition) is 2. The molecule has 0 N–H and O–H groups in total. The third-order valence-electron chi connectivity index (χ3n) is 3.97. The summed E-state index contributed by atoms with van der Waals surface area (Å²) in [5.41, 5.74) is 0. The highest BCUT2D eigenvalue weighted by Crippen LogP contribution is 2.07. The minimum Gasteiger partial charge on any atom is -0.466 e. The number of esters is 1. The molecule has 0 radical (unpaired) electrons. The van der Waals surface area contributed by atoms with Crippen molar-refractivity contribution in [2.75, 3.05) is 7.11 Å². The fraction of sp³-hybridized carbons (Fsp3) is 0.609. The van der Waals surface area contributed by atoms with Crippen molar-refractivity contribution in [2.45, 2.75) is 84.0 Å². The lowest BCUT2D eigenvalue weighted by Gasteiger charge is -1.97. The van der Waals surface area contributed by atoms with E-state index in [1.807, 2.05) is 6.08 Å². The van der Waals surface area contributed by atoms with E-state index in [9.17, 15) is 4.79 Å². The molecule has 0 aliphatic heterocycles. The lowest BCUT2D eigenvalue weighted by atomic mass is 10.1. The maximum Gasteiger partial charge on any atom is 0.330 e. The van der Waals surface area contributed by atoms with E-state index in [2.05, 4.69) is 48.1 Å². The summed E-state index contributed by atoms with van der Waals surface area (Å²) in [6, 6.07) is 0. The normalized spacial score (nSPS) is 12.2. The number of allylic oxidation sites excluding steroid dienone is 7. The maximum absolute atomic E-state index is 10.9. The average Bonchev–Trinajstić information content (AvgIpc) is 2.63. The fourth-order valence-corrected chi connectivity index (χ4v) is 2.42. The minimum atomic E-state index is -0.262. The quantitative estimate of drug-likeness (QED) is 0.129. The molecule has 0 fully saturated rings. The van der Waals surface area contributed by atoms with Crippen LogP contribution in [-0.2, 0) is 9.53 Å². The van der Waals surface area contributed by atoms with Crippen molar-refractivity contribution in [3.05, 3.63) is 48.6 Å². The van der Waals surface area contributed by atoms with Crippen LogP contribution in [0.1, 0.15) is 84.0 Å². The SMILES string of the molecule is CCCCCC=CCC=CCC=CCCCCCCC=CC(=O)OC. The Morgan fingerprint density at radius 1 is 0.680 bits per heavy atom. The molecule has 2 heteroatoms. The zero-order chi connectivity index (χ0) is 18.4. The third-order valence-corrected chi connectivity index (χ3v) is 3.97. The van der Waals surface area contributed by atoms with Crippen molar-refractivity contribution < 1.29 is 9.53 Å². The zero-order valence-corrected chi connectivity index (χ0v) is 16.4. The lowest BCUT2D eigenvalue weighted by molar-refractivity contribution is -0.134. The molecule has 0 saturated heterocycles. The molecule has 0 atom stereocenters. The maximum atomic E-state index is 10.9. The van der Waals surface area contributed by atoms with Crippen LogP contribution in [0.5, 0.6) is 0 Å². The first-order valence-electron chi connectivity index (χ1n) is 10.0. The number of unbranched alkanes of at least 4 members (excludes halogenated alkanes) is 8. The highest BCUT2D eigenvalue weighted by Gasteiger charge is 1.90. The molecule has 0 aromatic carbocycles. The first kappa shape index (κ1) is 23.4. The molecule has 0 spiro atoms. The Morgan fingerprint density at radius 3 is 1.68 bits per heavy atom. The molecule has 0 aliphatic carbocycles. The van der Waals surface area contributed by atoms with Gasteiger partial charge in [-0.2, -0.15) is 0 Å². The topological polar surface area (TPSA) is 26.3 Å². The van der Waals surface area contributed by atoms with Crippen molar-refractivity contribution in [3.8, 4) is 0 Å². The van der Waals surface area contributed by atoms with E-state index < -0.39 is 0 Å². The van der Waals surface area contributed by atoms with Gasteiger partial charge in [-0.1, -0.05) is 75.1 Å². The Hall–Kier alpha value is -1.57. The predicted octanol–water partition coefficient (Wildman–Crippen LogP) is 7.09. The summed E-state index contributed by atoms with van der Waals surface area (Å²) in [5.74, 6) is -0.262. The summed E-state index contributed by atoms with van der Waals surface area (Å²) in [4.78, 5) is 10.9. The summed E-state index contributed by atoms with van der Waals surface area (Å²) >= 11 is 0. The van der Waals surface area contributed by atoms with E-state index in [-0.39, 0.29) is 5.97 Å². The van der Waals surface area contributed by atoms with Crippen LogP contribution in [0.25, 0.3) is 0 Å². The van der Waals surface area contributed by atoms with Gasteiger partial charge in [-0.3, -0.25) is 0 Å². The van der Waals surface area contributed by atoms with Gasteiger partial charge in [-0.05, 0) is 51.4 Å². The zero-order valence-electron chi connectivity index (χ0n) is 16.4. The number of hydrogen-bond donors (Lipinski definition) is 0. The molecule has 0 saturated carbocycles. The van der Waals surface area contributed by atoms with Crippen molar-refractivity contribution in [2.24, 2.45) is 0 Å². The van der Waals surface area contributed by atoms with E-state index in [4.69, 9.17) is 0 Å². The van der Waals surface area contributed by atoms with E-state index in [0.717, 1.165) is 25.7 Å². The van der Waals surface area contributed by atoms with Gasteiger partial charge in [-0.25, -0.2) is 4.79 Å². The Morgan fingerprint density at radius 2 is 1.16 bits per heavy atom. The van der Waals surface area contributed by atoms with Gasteiger partial charge in [0.15, 0.2) is 0 Å². The Bertz CT molecular complexity index is 402. The van der Waals surface area contributed by atoms with Crippen molar-refractivity contribution in [1.82, 2.24) is 0 Å². The number of carbonyl (C=O) groups excluding carboxylic acids is 1. The van der Waals surface area contributed by atoms with Gasteiger partial charge in [0, 0.05) is 6.08 Å². The van der Waals surface area contributed by atoms with E-state index in [0.29, 0.717) is 0 Å². The average molecular weight is 347 g/mol. The molecule has 25 heavy (non-hydrogen) atoms. The summed E-state index contributed by atoms with van der Waals surface area (Å²) in [6.45, 7) is 2.24. The number of methoxy groups -OCH3 is 1. The van der Waals surface area contributed by atoms with E-state index in [1.54, 1.807) is 0 Å². The van der Waals surface area contributed by atoms with Crippen molar-refractivity contribution >= 4 is 5.97 Å². The third kappa shape index (κ3) is 20.4. The standard InChI is InChI=1S/C23H38O2/c1-3-4-5-6-7-8-9-10-11-12-13-14-15-16-17-18-19-20-21-22-23(24)25-2/h7-8,10-11,13-14,21-22H,3-6,9,12,15-20H2,1-2H3. The molecule has 2 nitrogen and oxygen atoms in total. The molecule has 0 unspecified atom stereocenters. The predicted molar refractivity (Wildman–Crippen MR) is 110 cm³/mol. The summed E-state index contributed by atoms with van der Waals surface area (Å²) in [6.07, 6.45) is 31.4. The van der Waals surface area contributed by atoms with Crippen LogP contribution in [0.15, 0.2) is 48.6 Å². The highest BCUT2D eigenvalue weighted by atomic mass is 16.5. The molecule has 0 rings (SSSR count). The first-order valence-corrected chi connectivity index (χ1v) is 10.0. The molecule has 0 aliphatic rings. The number of ether oxygens (including phenoxy) is 1. The minimum absolute atomic E-state index is 0.262. The smallest absolute Gasteiger partial charge is 0.330 e. The molecule has 0 aromatic rings. The van der Waals surface area contributed by atoms with Gasteiger partial charge < -0.3 is 4.74 Å². The molecule has 0 amide bonds. The summed E-state index contributed by atoms with van der Waals surface area (Å²) < 4.78 is 4.55. The lowest BCUT2D eigenvalue weighted by Crippen LogP contribution is -1.93. The Labute approximate surface area is 155 Å². The van der Waals surface area contributed by atoms with Crippen LogP contribution < -0.4 is 0 Å². The van der Waals surface area contributed by atoms with Crippen LogP contribution in [0.3, 0.4) is 0 Å². The molecule has 0 heterocycles. The van der Waals surface area contributed by atoms with Crippen LogP contribution in [-0.4, -0.2) is 13.1 Å². The summed E-state index contributed by atoms with van der Waals surface area (Å²) in [7, 11) is 1.41. The van der Waals surface area contributed by atoms with Crippen LogP contribution >= 0.6 is 0 Å². The molecule has 0 aromatic heterocycles. The number of carbonyl (C=O) groups is 1. The molecule has 142 valence electrons. The van der Waals surface area contributed by atoms with Crippen LogP contribution in [0.4, 0.5) is 0 Å². The van der Waals surface area contributed by atoms with E-state index >= 15 is 0 Å². The van der Waals surface area contributed by atoms with Gasteiger partial charge in [0.2, 0.25) is 0 Å². The van der Waals surface area contributed by atoms with Crippen molar-refractivity contribution in [1.29, 1.82) is 0 Å². The van der Waals surface area contributed by atoms with E-state index in [1.165, 1.54) is 64.6 Å². The second-order valence-corrected chi connectivity index (χ2v) is 6.30. The number of rotatable bonds is 16. The van der Waals surface area contributed by atoms with Gasteiger partial charge >= 0.3 is 5.97 Å². The van der Waals surface area contributed by atoms with Gasteiger partial charge in [0.1, 0.15) is 0 Å². The molecular formula is C23H38O2. The second-order valence-electron chi connectivity index (χ2n) is 6.30. The largest absolute Gasteiger partial charge is 0.466 e. The van der Waals surface area contributed by atoms with Crippen LogP contribution in [0, 0.1) is 0 Å². The summed E-state index contributed by atoms with van der Waals surface area (Å²) in [5, 5.41) is 0. The second kappa shape index (κ2) is 20.5. The van der Waals surface area contributed by atoms with Gasteiger partial charge in [-0.15, -0.1) is 0 Å². The highest BCUT2D eigenvalue weighted by molar-refractivity contribution is 5.81. The Balaban J connectivity index is 3.34. The Kier molecular flexibility index (Phi) is 19.2.